The summed E-state index contributed by atoms with van der Waals surface area (Å²) in [6.45, 7) is 6.56. The first-order valence-electron chi connectivity index (χ1n) is 6.08. The van der Waals surface area contributed by atoms with Crippen LogP contribution in [0.5, 0.6) is 0 Å². The highest BCUT2D eigenvalue weighted by molar-refractivity contribution is 7.13. The highest BCUT2D eigenvalue weighted by atomic mass is 32.1. The van der Waals surface area contributed by atoms with Crippen molar-refractivity contribution in [1.82, 2.24) is 4.98 Å². The predicted octanol–water partition coefficient (Wildman–Crippen LogP) is 2.56. The summed E-state index contributed by atoms with van der Waals surface area (Å²) in [5.41, 5.74) is 0.436. The maximum absolute atomic E-state index is 11.5. The number of carbonyl (C=O) groups excluding carboxylic acids is 1. The number of aromatic nitrogens is 1. The van der Waals surface area contributed by atoms with Crippen LogP contribution in [0.1, 0.15) is 37.2 Å². The highest BCUT2D eigenvalue weighted by Crippen LogP contribution is 2.26. The van der Waals surface area contributed by atoms with E-state index in [0.717, 1.165) is 24.1 Å². The fraction of sp³-hybridized carbons (Fsp3) is 0.667. The van der Waals surface area contributed by atoms with Crippen molar-refractivity contribution in [2.45, 2.75) is 26.7 Å². The van der Waals surface area contributed by atoms with E-state index in [2.05, 4.69) is 16.8 Å². The van der Waals surface area contributed by atoms with Gasteiger partial charge in [-0.3, -0.25) is 0 Å². The van der Waals surface area contributed by atoms with Gasteiger partial charge < -0.3 is 9.64 Å². The van der Waals surface area contributed by atoms with Gasteiger partial charge in [-0.05, 0) is 25.7 Å². The summed E-state index contributed by atoms with van der Waals surface area (Å²) in [7, 11) is 0. The van der Waals surface area contributed by atoms with Crippen LogP contribution in [0.3, 0.4) is 0 Å². The Morgan fingerprint density at radius 3 is 2.94 bits per heavy atom. The van der Waals surface area contributed by atoms with Crippen LogP contribution in [0, 0.1) is 5.92 Å². The van der Waals surface area contributed by atoms with E-state index in [9.17, 15) is 4.79 Å². The third kappa shape index (κ3) is 2.97. The average Bonchev–Trinajstić information content (AvgIpc) is 2.80. The molecule has 1 saturated heterocycles. The minimum Gasteiger partial charge on any atom is -0.461 e. The molecular weight excluding hydrogens is 236 g/mol. The van der Waals surface area contributed by atoms with E-state index in [1.54, 1.807) is 12.3 Å². The molecule has 0 spiro atoms. The summed E-state index contributed by atoms with van der Waals surface area (Å²) < 4.78 is 4.93. The molecule has 0 N–H and O–H groups in total. The quantitative estimate of drug-likeness (QED) is 0.777. The Bertz CT molecular complexity index is 384. The summed E-state index contributed by atoms with van der Waals surface area (Å²) in [6, 6.07) is 0. The topological polar surface area (TPSA) is 42.4 Å². The largest absolute Gasteiger partial charge is 0.461 e. The molecule has 1 aliphatic heterocycles. The van der Waals surface area contributed by atoms with Gasteiger partial charge in [-0.15, -0.1) is 11.3 Å². The summed E-state index contributed by atoms with van der Waals surface area (Å²) in [5.74, 6) is 0.483. The Hall–Kier alpha value is -1.10. The zero-order valence-corrected chi connectivity index (χ0v) is 11.1. The van der Waals surface area contributed by atoms with Gasteiger partial charge in [-0.2, -0.15) is 0 Å². The van der Waals surface area contributed by atoms with Crippen molar-refractivity contribution in [2.24, 2.45) is 5.92 Å². The maximum atomic E-state index is 11.5. The number of rotatable bonds is 3. The van der Waals surface area contributed by atoms with E-state index in [4.69, 9.17) is 4.74 Å². The fourth-order valence-electron chi connectivity index (χ4n) is 1.91. The number of piperidine rings is 1. The van der Waals surface area contributed by atoms with Crippen LogP contribution in [-0.4, -0.2) is 30.6 Å². The van der Waals surface area contributed by atoms with Crippen molar-refractivity contribution in [3.05, 3.63) is 11.1 Å². The first-order valence-corrected chi connectivity index (χ1v) is 6.96. The average molecular weight is 254 g/mol. The lowest BCUT2D eigenvalue weighted by atomic mass is 10.00. The minimum atomic E-state index is -0.319. The lowest BCUT2D eigenvalue weighted by Gasteiger charge is -2.29. The molecule has 1 aromatic heterocycles. The maximum Gasteiger partial charge on any atom is 0.357 e. The Kier molecular flexibility index (Phi) is 3.99. The third-order valence-corrected chi connectivity index (χ3v) is 3.93. The van der Waals surface area contributed by atoms with Gasteiger partial charge in [-0.1, -0.05) is 6.92 Å². The lowest BCUT2D eigenvalue weighted by Crippen LogP contribution is -2.32. The molecule has 2 heterocycles. The van der Waals surface area contributed by atoms with Gasteiger partial charge in [0.05, 0.1) is 6.61 Å². The van der Waals surface area contributed by atoms with Crippen LogP contribution < -0.4 is 4.90 Å². The van der Waals surface area contributed by atoms with Crippen LogP contribution in [0.15, 0.2) is 5.38 Å². The molecule has 0 bridgehead atoms. The molecule has 0 radical (unpaired) electrons. The SMILES string of the molecule is CCOC(=O)c1csc(N2CCC(C)CC2)n1. The number of esters is 1. The number of thiazole rings is 1. The summed E-state index contributed by atoms with van der Waals surface area (Å²) in [5, 5.41) is 2.73. The van der Waals surface area contributed by atoms with Crippen molar-refractivity contribution < 1.29 is 9.53 Å². The van der Waals surface area contributed by atoms with Gasteiger partial charge in [-0.25, -0.2) is 9.78 Å². The molecule has 0 atom stereocenters. The smallest absolute Gasteiger partial charge is 0.357 e. The van der Waals surface area contributed by atoms with Crippen molar-refractivity contribution in [1.29, 1.82) is 0 Å². The first kappa shape index (κ1) is 12.4. The van der Waals surface area contributed by atoms with Gasteiger partial charge in [0.15, 0.2) is 10.8 Å². The highest BCUT2D eigenvalue weighted by Gasteiger charge is 2.20. The molecule has 17 heavy (non-hydrogen) atoms. The number of carbonyl (C=O) groups is 1. The summed E-state index contributed by atoms with van der Waals surface area (Å²) >= 11 is 1.53. The second-order valence-corrected chi connectivity index (χ2v) is 5.24. The zero-order chi connectivity index (χ0) is 12.3. The predicted molar refractivity (Wildman–Crippen MR) is 68.7 cm³/mol. The second-order valence-electron chi connectivity index (χ2n) is 4.41. The Balaban J connectivity index is 2.00. The van der Waals surface area contributed by atoms with Gasteiger partial charge >= 0.3 is 5.97 Å². The standard InChI is InChI=1S/C12H18N2O2S/c1-3-16-11(15)10-8-17-12(13-10)14-6-4-9(2)5-7-14/h8-9H,3-7H2,1-2H3. The number of hydrogen-bond acceptors (Lipinski definition) is 5. The molecule has 5 heteroatoms. The van der Waals surface area contributed by atoms with E-state index in [-0.39, 0.29) is 5.97 Å². The number of nitrogens with zero attached hydrogens (tertiary/aromatic N) is 2. The molecule has 0 saturated carbocycles. The zero-order valence-electron chi connectivity index (χ0n) is 10.3. The monoisotopic (exact) mass is 254 g/mol. The molecule has 0 amide bonds. The van der Waals surface area contributed by atoms with Crippen molar-refractivity contribution in [2.75, 3.05) is 24.6 Å². The third-order valence-electron chi connectivity index (χ3n) is 3.03. The molecule has 0 aromatic carbocycles. The Morgan fingerprint density at radius 1 is 1.59 bits per heavy atom. The molecule has 0 unspecified atom stereocenters. The number of hydrogen-bond donors (Lipinski definition) is 0. The Labute approximate surface area is 106 Å². The van der Waals surface area contributed by atoms with Crippen molar-refractivity contribution >= 4 is 22.4 Å². The van der Waals surface area contributed by atoms with Crippen LogP contribution in [0.25, 0.3) is 0 Å². The molecule has 94 valence electrons. The van der Waals surface area contributed by atoms with Crippen LogP contribution >= 0.6 is 11.3 Å². The van der Waals surface area contributed by atoms with Crippen LogP contribution in [0.4, 0.5) is 5.13 Å². The van der Waals surface area contributed by atoms with Gasteiger partial charge in [0, 0.05) is 18.5 Å². The molecule has 2 rings (SSSR count). The fourth-order valence-corrected chi connectivity index (χ4v) is 2.76. The minimum absolute atomic E-state index is 0.319. The molecule has 4 nitrogen and oxygen atoms in total. The number of anilines is 1. The first-order chi connectivity index (χ1) is 8.20. The van der Waals surface area contributed by atoms with Crippen LogP contribution in [-0.2, 0) is 4.74 Å². The van der Waals surface area contributed by atoms with E-state index < -0.39 is 0 Å². The molecule has 1 aromatic rings. The summed E-state index contributed by atoms with van der Waals surface area (Å²) in [4.78, 5) is 18.1. The Morgan fingerprint density at radius 2 is 2.29 bits per heavy atom. The van der Waals surface area contributed by atoms with E-state index >= 15 is 0 Å². The normalized spacial score (nSPS) is 17.2. The van der Waals surface area contributed by atoms with Gasteiger partial charge in [0.25, 0.3) is 0 Å². The molecular formula is C12H18N2O2S. The van der Waals surface area contributed by atoms with Crippen molar-refractivity contribution in [3.63, 3.8) is 0 Å². The van der Waals surface area contributed by atoms with Crippen molar-refractivity contribution in [3.8, 4) is 0 Å². The lowest BCUT2D eigenvalue weighted by molar-refractivity contribution is 0.0520. The molecule has 0 aliphatic carbocycles. The van der Waals surface area contributed by atoms with E-state index in [0.29, 0.717) is 12.3 Å². The molecule has 1 fully saturated rings. The molecule has 1 aliphatic rings. The summed E-state index contributed by atoms with van der Waals surface area (Å²) in [6.07, 6.45) is 2.41. The van der Waals surface area contributed by atoms with E-state index in [1.165, 1.54) is 24.2 Å². The van der Waals surface area contributed by atoms with Gasteiger partial charge in [0.2, 0.25) is 0 Å². The van der Waals surface area contributed by atoms with E-state index in [1.807, 2.05) is 0 Å². The second kappa shape index (κ2) is 5.49. The van der Waals surface area contributed by atoms with Gasteiger partial charge in [0.1, 0.15) is 0 Å². The number of ether oxygens (including phenoxy) is 1. The van der Waals surface area contributed by atoms with Crippen LogP contribution in [0.2, 0.25) is 0 Å².